The first kappa shape index (κ1) is 26.5. The van der Waals surface area contributed by atoms with Crippen LogP contribution < -0.4 is 4.90 Å². The van der Waals surface area contributed by atoms with Gasteiger partial charge in [-0.3, -0.25) is 19.3 Å². The molecule has 6 atom stereocenters. The number of ketones is 1. The Hall–Kier alpha value is -5.11. The second-order valence-corrected chi connectivity index (χ2v) is 12.3. The number of aromatic hydroxyl groups is 1. The number of pyridine rings is 1. The molecule has 1 saturated heterocycles. The molecule has 8 nitrogen and oxygen atoms in total. The summed E-state index contributed by atoms with van der Waals surface area (Å²) in [4.78, 5) is 59.3. The Bertz CT molecular complexity index is 1910. The van der Waals surface area contributed by atoms with Gasteiger partial charge in [-0.1, -0.05) is 54.6 Å². The summed E-state index contributed by atoms with van der Waals surface area (Å²) in [6.07, 6.45) is 5.44. The van der Waals surface area contributed by atoms with Crippen molar-refractivity contribution < 1.29 is 29.0 Å². The molecule has 0 spiro atoms. The van der Waals surface area contributed by atoms with E-state index in [4.69, 9.17) is 9.72 Å². The van der Waals surface area contributed by atoms with Crippen molar-refractivity contribution in [3.8, 4) is 17.0 Å². The van der Waals surface area contributed by atoms with Gasteiger partial charge >= 0.3 is 5.97 Å². The maximum Gasteiger partial charge on any atom is 0.339 e. The molecule has 44 heavy (non-hydrogen) atoms. The second kappa shape index (κ2) is 9.71. The van der Waals surface area contributed by atoms with Gasteiger partial charge in [-0.05, 0) is 72.9 Å². The van der Waals surface area contributed by atoms with E-state index < -0.39 is 18.4 Å². The molecule has 9 rings (SSSR count). The number of carbonyl (C=O) groups is 4. The van der Waals surface area contributed by atoms with Gasteiger partial charge in [0.25, 0.3) is 0 Å². The zero-order valence-corrected chi connectivity index (χ0v) is 23.8. The fourth-order valence-electron chi connectivity index (χ4n) is 7.70. The number of aryl methyl sites for hydroxylation is 1. The lowest BCUT2D eigenvalue weighted by atomic mass is 9.63. The number of aromatic nitrogens is 1. The van der Waals surface area contributed by atoms with Crippen LogP contribution in [0.25, 0.3) is 22.2 Å². The van der Waals surface area contributed by atoms with Crippen molar-refractivity contribution in [1.82, 2.24) is 4.98 Å². The van der Waals surface area contributed by atoms with Crippen molar-refractivity contribution in [3.05, 3.63) is 102 Å². The maximum absolute atomic E-state index is 13.6. The number of nitrogens with zero attached hydrogens (tertiary/aromatic N) is 2. The largest absolute Gasteiger partial charge is 0.507 e. The van der Waals surface area contributed by atoms with E-state index in [-0.39, 0.29) is 52.4 Å². The molecule has 3 aromatic carbocycles. The Kier molecular flexibility index (Phi) is 5.85. The zero-order chi connectivity index (χ0) is 30.3. The van der Waals surface area contributed by atoms with Gasteiger partial charge in [0, 0.05) is 10.9 Å². The lowest BCUT2D eigenvalue weighted by Gasteiger charge is -2.37. The predicted molar refractivity (Wildman–Crippen MR) is 162 cm³/mol. The molecule has 2 saturated carbocycles. The molecule has 2 amide bonds. The number of hydrogen-bond donors (Lipinski definition) is 1. The summed E-state index contributed by atoms with van der Waals surface area (Å²) in [5.41, 5.74) is 3.53. The number of allylic oxidation sites excluding steroid dienone is 2. The minimum absolute atomic E-state index is 0.0754. The van der Waals surface area contributed by atoms with Crippen LogP contribution >= 0.6 is 0 Å². The van der Waals surface area contributed by atoms with E-state index in [0.717, 1.165) is 12.0 Å². The molecule has 218 valence electrons. The molecule has 1 aliphatic heterocycles. The van der Waals surface area contributed by atoms with Crippen molar-refractivity contribution in [2.24, 2.45) is 35.5 Å². The number of phenolic OH excluding ortho intramolecular Hbond substituents is 1. The molecule has 3 fully saturated rings. The molecule has 2 bridgehead atoms. The van der Waals surface area contributed by atoms with Gasteiger partial charge in [-0.15, -0.1) is 0 Å². The van der Waals surface area contributed by atoms with E-state index in [0.29, 0.717) is 39.7 Å². The maximum atomic E-state index is 13.6. The van der Waals surface area contributed by atoms with Crippen molar-refractivity contribution in [3.63, 3.8) is 0 Å². The number of phenols is 1. The number of ether oxygens (including phenoxy) is 1. The Balaban J connectivity index is 1.08. The number of esters is 1. The zero-order valence-electron chi connectivity index (χ0n) is 23.8. The third kappa shape index (κ3) is 3.93. The number of carbonyl (C=O) groups excluding carboxylic acids is 4. The summed E-state index contributed by atoms with van der Waals surface area (Å²) in [6.45, 7) is 1.36. The normalized spacial score (nSPS) is 26.1. The van der Waals surface area contributed by atoms with Crippen molar-refractivity contribution in [2.75, 3.05) is 11.5 Å². The number of amides is 2. The first-order valence-corrected chi connectivity index (χ1v) is 14.9. The van der Waals surface area contributed by atoms with Gasteiger partial charge < -0.3 is 9.84 Å². The average molecular weight is 585 g/mol. The van der Waals surface area contributed by atoms with Crippen LogP contribution in [-0.2, 0) is 14.3 Å². The average Bonchev–Trinajstić information content (AvgIpc) is 3.82. The highest BCUT2D eigenvalue weighted by Crippen LogP contribution is 2.65. The Labute approximate surface area is 253 Å². The number of anilines is 1. The summed E-state index contributed by atoms with van der Waals surface area (Å²) in [6, 6.07) is 20.3. The summed E-state index contributed by atoms with van der Waals surface area (Å²) in [7, 11) is 0. The minimum Gasteiger partial charge on any atom is -0.507 e. The second-order valence-electron chi connectivity index (χ2n) is 12.3. The van der Waals surface area contributed by atoms with Gasteiger partial charge in [-0.25, -0.2) is 9.78 Å². The number of para-hydroxylation sites is 2. The van der Waals surface area contributed by atoms with Gasteiger partial charge in [0.05, 0.1) is 39.9 Å². The van der Waals surface area contributed by atoms with Gasteiger partial charge in [0.15, 0.2) is 6.61 Å². The summed E-state index contributed by atoms with van der Waals surface area (Å²) in [5, 5.41) is 10.6. The molecule has 0 radical (unpaired) electrons. The van der Waals surface area contributed by atoms with Crippen molar-refractivity contribution in [2.45, 2.75) is 13.3 Å². The topological polar surface area (TPSA) is 114 Å². The quantitative estimate of drug-likeness (QED) is 0.138. The van der Waals surface area contributed by atoms with Crippen molar-refractivity contribution in [1.29, 1.82) is 0 Å². The molecule has 4 aromatic rings. The van der Waals surface area contributed by atoms with Gasteiger partial charge in [0.1, 0.15) is 5.75 Å². The minimum atomic E-state index is -0.693. The van der Waals surface area contributed by atoms with Gasteiger partial charge in [-0.2, -0.15) is 0 Å². The molecule has 4 aliphatic carbocycles. The molecule has 2 heterocycles. The van der Waals surface area contributed by atoms with Crippen LogP contribution in [0.4, 0.5) is 5.69 Å². The predicted octanol–water partition coefficient (Wildman–Crippen LogP) is 5.51. The summed E-state index contributed by atoms with van der Waals surface area (Å²) < 4.78 is 5.41. The van der Waals surface area contributed by atoms with Crippen LogP contribution in [0.5, 0.6) is 5.75 Å². The summed E-state index contributed by atoms with van der Waals surface area (Å²) >= 11 is 0. The number of hydrogen-bond acceptors (Lipinski definition) is 7. The van der Waals surface area contributed by atoms with Crippen LogP contribution in [0.2, 0.25) is 0 Å². The fraction of sp³-hybridized carbons (Fsp3) is 0.250. The van der Waals surface area contributed by atoms with Crippen LogP contribution in [0, 0.1) is 42.4 Å². The van der Waals surface area contributed by atoms with E-state index in [1.54, 1.807) is 48.5 Å². The highest BCUT2D eigenvalue weighted by Gasteiger charge is 2.67. The number of fused-ring (bicyclic) bond motifs is 1. The lowest BCUT2D eigenvalue weighted by Crippen LogP contribution is -2.40. The monoisotopic (exact) mass is 584 g/mol. The highest BCUT2D eigenvalue weighted by atomic mass is 16.5. The number of rotatable bonds is 6. The molecule has 1 N–H and O–H groups in total. The van der Waals surface area contributed by atoms with E-state index in [9.17, 15) is 24.3 Å². The highest BCUT2D eigenvalue weighted by molar-refractivity contribution is 6.22. The number of benzene rings is 3. The molecular weight excluding hydrogens is 556 g/mol. The molecule has 1 aromatic heterocycles. The third-order valence-electron chi connectivity index (χ3n) is 9.88. The van der Waals surface area contributed by atoms with Crippen LogP contribution in [0.3, 0.4) is 0 Å². The number of imide groups is 1. The summed E-state index contributed by atoms with van der Waals surface area (Å²) in [5.74, 6) is -0.749. The smallest absolute Gasteiger partial charge is 0.339 e. The molecule has 5 aliphatic rings. The lowest BCUT2D eigenvalue weighted by molar-refractivity contribution is -0.124. The van der Waals surface area contributed by atoms with E-state index in [1.165, 1.54) is 17.0 Å². The van der Waals surface area contributed by atoms with Crippen molar-refractivity contribution >= 4 is 40.2 Å². The Morgan fingerprint density at radius 3 is 2.25 bits per heavy atom. The SMILES string of the molecule is Cc1cccc2c(C(=O)OCC(=O)c3ccccc3O)cc(-c3ccc(N4C(=O)C5C6C=CC(C7CC67)C5C4=O)cc3)nc12. The first-order chi connectivity index (χ1) is 21.3. The molecule has 8 heteroatoms. The van der Waals surface area contributed by atoms with Crippen LogP contribution in [0.1, 0.15) is 32.7 Å². The van der Waals surface area contributed by atoms with E-state index >= 15 is 0 Å². The van der Waals surface area contributed by atoms with Gasteiger partial charge in [0.2, 0.25) is 17.6 Å². The Morgan fingerprint density at radius 2 is 1.57 bits per heavy atom. The van der Waals surface area contributed by atoms with Crippen LogP contribution in [-0.4, -0.2) is 40.3 Å². The standard InChI is InChI=1S/C36H28N2O6/c1-18-5-4-7-23-27(36(43)44-17-30(40)24-6-2-3-8-29(24)39)16-28(37-33(18)23)19-9-11-20(12-10-19)38-34(41)31-21-13-14-22(26-15-25(21)26)32(31)35(38)42/h2-14,16,21-22,25-26,31-32,39H,15,17H2,1H3. The third-order valence-corrected chi connectivity index (χ3v) is 9.88. The fourth-order valence-corrected chi connectivity index (χ4v) is 7.70. The molecular formula is C36H28N2O6. The Morgan fingerprint density at radius 1 is 0.886 bits per heavy atom. The number of Topliss-reactive ketones (excluding diaryl/α,β-unsaturated/α-hetero) is 1. The van der Waals surface area contributed by atoms with E-state index in [2.05, 4.69) is 12.2 Å². The first-order valence-electron chi connectivity index (χ1n) is 14.9. The van der Waals surface area contributed by atoms with Crippen LogP contribution in [0.15, 0.2) is 84.9 Å². The van der Waals surface area contributed by atoms with E-state index in [1.807, 2.05) is 19.1 Å². The molecule has 6 unspecified atom stereocenters.